The smallest absolute Gasteiger partial charge is 0.336 e. The van der Waals surface area contributed by atoms with Crippen molar-refractivity contribution in [1.82, 2.24) is 19.7 Å². The Morgan fingerprint density at radius 2 is 1.87 bits per heavy atom. The molecule has 2 heterocycles. The van der Waals surface area contributed by atoms with Gasteiger partial charge in [0.25, 0.3) is 0 Å². The Labute approximate surface area is 173 Å². The van der Waals surface area contributed by atoms with Crippen molar-refractivity contribution in [3.8, 4) is 11.1 Å². The maximum atomic E-state index is 14.3. The van der Waals surface area contributed by atoms with Crippen molar-refractivity contribution in [2.75, 3.05) is 0 Å². The molecule has 0 aliphatic carbocycles. The maximum Gasteiger partial charge on any atom is 0.336 e. The van der Waals surface area contributed by atoms with E-state index in [1.54, 1.807) is 19.1 Å². The van der Waals surface area contributed by atoms with Gasteiger partial charge in [-0.2, -0.15) is 8.78 Å². The maximum absolute atomic E-state index is 14.3. The fraction of sp³-hybridized carbons (Fsp3) is 0.364. The van der Waals surface area contributed by atoms with E-state index >= 15 is 0 Å². The molecule has 1 N–H and O–H groups in total. The van der Waals surface area contributed by atoms with Crippen LogP contribution >= 0.6 is 0 Å². The summed E-state index contributed by atoms with van der Waals surface area (Å²) in [4.78, 5) is 19.5. The molecule has 0 aliphatic rings. The number of rotatable bonds is 9. The topological polar surface area (TPSA) is 80.9 Å². The van der Waals surface area contributed by atoms with Gasteiger partial charge in [-0.05, 0) is 30.0 Å². The van der Waals surface area contributed by atoms with E-state index in [4.69, 9.17) is 0 Å². The van der Waals surface area contributed by atoms with Gasteiger partial charge in [0.1, 0.15) is 5.82 Å². The Morgan fingerprint density at radius 1 is 1.13 bits per heavy atom. The molecule has 0 unspecified atom stereocenters. The fourth-order valence-electron chi connectivity index (χ4n) is 3.26. The number of halogens is 2. The predicted octanol–water partition coefficient (Wildman–Crippen LogP) is 4.93. The number of hydrogen-bond acceptors (Lipinski definition) is 4. The summed E-state index contributed by atoms with van der Waals surface area (Å²) in [6, 6.07) is 8.70. The number of aryl methyl sites for hydroxylation is 1. The minimum atomic E-state index is -3.04. The van der Waals surface area contributed by atoms with Crippen molar-refractivity contribution in [2.24, 2.45) is 0 Å². The van der Waals surface area contributed by atoms with E-state index in [2.05, 4.69) is 15.1 Å². The van der Waals surface area contributed by atoms with Crippen LogP contribution in [0.1, 0.15) is 60.7 Å². The number of carbonyl (C=O) groups is 1. The van der Waals surface area contributed by atoms with Gasteiger partial charge >= 0.3 is 11.9 Å². The van der Waals surface area contributed by atoms with E-state index in [0.717, 1.165) is 12.0 Å². The monoisotopic (exact) mass is 414 g/mol. The number of aromatic nitrogens is 4. The van der Waals surface area contributed by atoms with Crippen LogP contribution in [-0.4, -0.2) is 30.8 Å². The largest absolute Gasteiger partial charge is 0.478 e. The highest BCUT2D eigenvalue weighted by molar-refractivity contribution is 5.95. The highest BCUT2D eigenvalue weighted by Gasteiger charge is 2.36. The standard InChI is InChI=1S/C22H24F2N4O2/c1-3-5-19-26-21(22(23,24)11-4-2)27-28(19)14-15-6-8-16(9-7-15)18-13-25-12-10-17(18)20(29)30/h6-10,12-13H,3-5,11,14H2,1-2H3,(H,29,30). The van der Waals surface area contributed by atoms with Crippen LogP contribution in [0.25, 0.3) is 11.1 Å². The number of pyridine rings is 1. The average molecular weight is 414 g/mol. The minimum Gasteiger partial charge on any atom is -0.478 e. The molecule has 0 atom stereocenters. The Hall–Kier alpha value is -3.16. The quantitative estimate of drug-likeness (QED) is 0.537. The molecule has 0 bridgehead atoms. The average Bonchev–Trinajstić information content (AvgIpc) is 3.12. The zero-order valence-corrected chi connectivity index (χ0v) is 17.0. The number of hydrogen-bond donors (Lipinski definition) is 1. The van der Waals surface area contributed by atoms with Gasteiger partial charge in [0.05, 0.1) is 12.1 Å². The van der Waals surface area contributed by atoms with Crippen LogP contribution in [0.15, 0.2) is 42.7 Å². The molecule has 6 nitrogen and oxygen atoms in total. The molecule has 3 aromatic rings. The summed E-state index contributed by atoms with van der Waals surface area (Å²) in [5.41, 5.74) is 2.26. The summed E-state index contributed by atoms with van der Waals surface area (Å²) >= 11 is 0. The van der Waals surface area contributed by atoms with Gasteiger partial charge in [-0.15, -0.1) is 5.10 Å². The van der Waals surface area contributed by atoms with Gasteiger partial charge < -0.3 is 5.11 Å². The van der Waals surface area contributed by atoms with Crippen molar-refractivity contribution in [1.29, 1.82) is 0 Å². The second kappa shape index (κ2) is 9.11. The van der Waals surface area contributed by atoms with Gasteiger partial charge in [-0.1, -0.05) is 38.1 Å². The molecule has 30 heavy (non-hydrogen) atoms. The molecule has 0 saturated heterocycles. The molecule has 0 radical (unpaired) electrons. The van der Waals surface area contributed by atoms with Crippen LogP contribution in [0.3, 0.4) is 0 Å². The Bertz CT molecular complexity index is 1020. The van der Waals surface area contributed by atoms with Gasteiger partial charge in [0.15, 0.2) is 0 Å². The van der Waals surface area contributed by atoms with Crippen molar-refractivity contribution in [2.45, 2.75) is 52.0 Å². The van der Waals surface area contributed by atoms with Crippen LogP contribution in [0.2, 0.25) is 0 Å². The normalized spacial score (nSPS) is 11.6. The number of aromatic carboxylic acids is 1. The Balaban J connectivity index is 1.87. The molecule has 3 rings (SSSR count). The number of alkyl halides is 2. The minimum absolute atomic E-state index is 0.169. The summed E-state index contributed by atoms with van der Waals surface area (Å²) in [7, 11) is 0. The molecule has 0 spiro atoms. The van der Waals surface area contributed by atoms with E-state index < -0.39 is 17.7 Å². The van der Waals surface area contributed by atoms with Gasteiger partial charge in [-0.25, -0.2) is 14.5 Å². The summed E-state index contributed by atoms with van der Waals surface area (Å²) in [6.45, 7) is 3.98. The van der Waals surface area contributed by atoms with E-state index in [1.165, 1.54) is 23.1 Å². The molecule has 1 aromatic carbocycles. The van der Waals surface area contributed by atoms with Gasteiger partial charge in [0.2, 0.25) is 5.82 Å². The van der Waals surface area contributed by atoms with Crippen molar-refractivity contribution >= 4 is 5.97 Å². The van der Waals surface area contributed by atoms with Gasteiger partial charge in [0, 0.05) is 30.8 Å². The molecular formula is C22H24F2N4O2. The van der Waals surface area contributed by atoms with Crippen molar-refractivity contribution in [3.63, 3.8) is 0 Å². The van der Waals surface area contributed by atoms with Crippen LogP contribution < -0.4 is 0 Å². The lowest BCUT2D eigenvalue weighted by molar-refractivity contribution is -0.0232. The molecule has 0 saturated carbocycles. The lowest BCUT2D eigenvalue weighted by Crippen LogP contribution is -2.15. The number of carboxylic acid groups (broad SMARTS) is 1. The zero-order valence-electron chi connectivity index (χ0n) is 17.0. The number of nitrogens with zero attached hydrogens (tertiary/aromatic N) is 4. The molecule has 8 heteroatoms. The van der Waals surface area contributed by atoms with Crippen LogP contribution in [-0.2, 0) is 18.9 Å². The first-order chi connectivity index (χ1) is 14.4. The number of carboxylic acids is 1. The first-order valence-corrected chi connectivity index (χ1v) is 9.94. The first-order valence-electron chi connectivity index (χ1n) is 9.94. The van der Waals surface area contributed by atoms with Crippen LogP contribution in [0, 0.1) is 0 Å². The third-order valence-corrected chi connectivity index (χ3v) is 4.76. The fourth-order valence-corrected chi connectivity index (χ4v) is 3.26. The zero-order chi connectivity index (χ0) is 21.7. The van der Waals surface area contributed by atoms with Crippen molar-refractivity contribution in [3.05, 3.63) is 65.5 Å². The molecule has 0 fully saturated rings. The second-order valence-corrected chi connectivity index (χ2v) is 7.14. The SMILES string of the molecule is CCCc1nc(C(F)(F)CCC)nn1Cc1ccc(-c2cnccc2C(=O)O)cc1. The third-order valence-electron chi connectivity index (χ3n) is 4.76. The van der Waals surface area contributed by atoms with Crippen molar-refractivity contribution < 1.29 is 18.7 Å². The molecule has 2 aromatic heterocycles. The lowest BCUT2D eigenvalue weighted by atomic mass is 10.0. The summed E-state index contributed by atoms with van der Waals surface area (Å²) in [6.07, 6.45) is 4.35. The van der Waals surface area contributed by atoms with E-state index in [0.29, 0.717) is 36.3 Å². The summed E-state index contributed by atoms with van der Waals surface area (Å²) in [5.74, 6) is -3.96. The summed E-state index contributed by atoms with van der Waals surface area (Å²) < 4.78 is 30.1. The Kier molecular flexibility index (Phi) is 6.54. The molecular weight excluding hydrogens is 390 g/mol. The highest BCUT2D eigenvalue weighted by Crippen LogP contribution is 2.31. The molecule has 158 valence electrons. The highest BCUT2D eigenvalue weighted by atomic mass is 19.3. The Morgan fingerprint density at radius 3 is 2.50 bits per heavy atom. The van der Waals surface area contributed by atoms with E-state index in [-0.39, 0.29) is 12.0 Å². The number of benzene rings is 1. The predicted molar refractivity (Wildman–Crippen MR) is 109 cm³/mol. The molecule has 0 amide bonds. The third kappa shape index (κ3) is 4.69. The second-order valence-electron chi connectivity index (χ2n) is 7.14. The first kappa shape index (κ1) is 21.5. The summed E-state index contributed by atoms with van der Waals surface area (Å²) in [5, 5.41) is 13.5. The van der Waals surface area contributed by atoms with Gasteiger partial charge in [-0.3, -0.25) is 4.98 Å². The van der Waals surface area contributed by atoms with Crippen LogP contribution in [0.4, 0.5) is 8.78 Å². The van der Waals surface area contributed by atoms with Crippen LogP contribution in [0.5, 0.6) is 0 Å². The van der Waals surface area contributed by atoms with E-state index in [9.17, 15) is 18.7 Å². The molecule has 0 aliphatic heterocycles. The van der Waals surface area contributed by atoms with E-state index in [1.807, 2.05) is 19.1 Å². The lowest BCUT2D eigenvalue weighted by Gasteiger charge is -2.10.